The van der Waals surface area contributed by atoms with Crippen LogP contribution in [-0.2, 0) is 19.1 Å². The number of carbonyl (C=O) groups excluding carboxylic acids is 2. The SMILES string of the molecule is C=C(CC)C(=O)OCCOc1c2ccccc2c(OCCOC(=O)C(=C)CC)c2cc(Cl)ccc12. The summed E-state index contributed by atoms with van der Waals surface area (Å²) < 4.78 is 22.7. The molecule has 0 radical (unpaired) electrons. The van der Waals surface area contributed by atoms with Crippen LogP contribution >= 0.6 is 11.6 Å². The maximum Gasteiger partial charge on any atom is 0.333 e. The van der Waals surface area contributed by atoms with Crippen LogP contribution in [0.3, 0.4) is 0 Å². The third-order valence-corrected chi connectivity index (χ3v) is 5.68. The van der Waals surface area contributed by atoms with Gasteiger partial charge < -0.3 is 18.9 Å². The van der Waals surface area contributed by atoms with E-state index in [1.165, 1.54) is 0 Å². The van der Waals surface area contributed by atoms with Gasteiger partial charge in [-0.05, 0) is 31.0 Å². The lowest BCUT2D eigenvalue weighted by Crippen LogP contribution is -2.14. The molecular formula is C28H29ClO6. The molecule has 3 rings (SSSR count). The molecule has 0 saturated heterocycles. The molecule has 0 atom stereocenters. The number of hydrogen-bond acceptors (Lipinski definition) is 6. The molecule has 0 aliphatic carbocycles. The Morgan fingerprint density at radius 2 is 1.17 bits per heavy atom. The van der Waals surface area contributed by atoms with Crippen molar-refractivity contribution in [1.82, 2.24) is 0 Å². The number of hydrogen-bond donors (Lipinski definition) is 0. The molecule has 0 spiro atoms. The lowest BCUT2D eigenvalue weighted by atomic mass is 10.0. The van der Waals surface area contributed by atoms with Gasteiger partial charge in [-0.1, -0.05) is 62.9 Å². The lowest BCUT2D eigenvalue weighted by molar-refractivity contribution is -0.140. The highest BCUT2D eigenvalue weighted by atomic mass is 35.5. The van der Waals surface area contributed by atoms with Crippen LogP contribution in [-0.4, -0.2) is 38.4 Å². The fourth-order valence-electron chi connectivity index (χ4n) is 3.43. The summed E-state index contributed by atoms with van der Waals surface area (Å²) in [6.45, 7) is 11.6. The first-order chi connectivity index (χ1) is 16.9. The first kappa shape index (κ1) is 26.1. The number of carbonyl (C=O) groups is 2. The maximum absolute atomic E-state index is 11.9. The predicted octanol–water partition coefficient (Wildman–Crippen LogP) is 6.42. The normalized spacial score (nSPS) is 10.7. The van der Waals surface area contributed by atoms with Crippen molar-refractivity contribution in [2.45, 2.75) is 26.7 Å². The number of halogens is 1. The third kappa shape index (κ3) is 6.34. The van der Waals surface area contributed by atoms with E-state index >= 15 is 0 Å². The average Bonchev–Trinajstić information content (AvgIpc) is 2.88. The van der Waals surface area contributed by atoms with E-state index < -0.39 is 11.9 Å². The minimum atomic E-state index is -0.430. The monoisotopic (exact) mass is 496 g/mol. The second kappa shape index (κ2) is 12.3. The van der Waals surface area contributed by atoms with Crippen molar-refractivity contribution >= 4 is 45.1 Å². The third-order valence-electron chi connectivity index (χ3n) is 5.44. The number of rotatable bonds is 12. The molecule has 35 heavy (non-hydrogen) atoms. The largest absolute Gasteiger partial charge is 0.489 e. The highest BCUT2D eigenvalue weighted by Gasteiger charge is 2.17. The van der Waals surface area contributed by atoms with E-state index in [9.17, 15) is 9.59 Å². The van der Waals surface area contributed by atoms with Gasteiger partial charge in [-0.25, -0.2) is 9.59 Å². The molecule has 0 aliphatic heterocycles. The Morgan fingerprint density at radius 1 is 0.714 bits per heavy atom. The van der Waals surface area contributed by atoms with Crippen LogP contribution < -0.4 is 9.47 Å². The molecule has 0 amide bonds. The molecule has 6 nitrogen and oxygen atoms in total. The van der Waals surface area contributed by atoms with Gasteiger partial charge in [0.25, 0.3) is 0 Å². The zero-order chi connectivity index (χ0) is 25.4. The lowest BCUT2D eigenvalue weighted by Gasteiger charge is -2.18. The summed E-state index contributed by atoms with van der Waals surface area (Å²) in [5.41, 5.74) is 0.834. The van der Waals surface area contributed by atoms with Gasteiger partial charge in [0.05, 0.1) is 0 Å². The molecular weight excluding hydrogens is 468 g/mol. The van der Waals surface area contributed by atoms with E-state index in [4.69, 9.17) is 30.5 Å². The quantitative estimate of drug-likeness (QED) is 0.125. The minimum absolute atomic E-state index is 0.0842. The molecule has 0 aliphatic rings. The standard InChI is InChI=1S/C28H29ClO6/c1-5-18(3)27(30)34-15-13-32-25-21-9-7-8-10-22(21)26(24-17-20(29)11-12-23(24)25)33-14-16-35-28(31)19(4)6-2/h7-12,17H,3-6,13-16H2,1-2H3. The topological polar surface area (TPSA) is 71.1 Å². The van der Waals surface area contributed by atoms with E-state index in [1.807, 2.05) is 50.2 Å². The second-order valence-electron chi connectivity index (χ2n) is 7.78. The first-order valence-electron chi connectivity index (χ1n) is 11.5. The number of ether oxygens (including phenoxy) is 4. The smallest absolute Gasteiger partial charge is 0.333 e. The van der Waals surface area contributed by atoms with Crippen LogP contribution in [0.5, 0.6) is 11.5 Å². The zero-order valence-corrected chi connectivity index (χ0v) is 20.8. The molecule has 0 saturated carbocycles. The van der Waals surface area contributed by atoms with Crippen molar-refractivity contribution in [3.05, 3.63) is 71.8 Å². The Labute approximate surface area is 210 Å². The van der Waals surface area contributed by atoms with Crippen molar-refractivity contribution in [2.75, 3.05) is 26.4 Å². The van der Waals surface area contributed by atoms with E-state index in [0.717, 1.165) is 21.5 Å². The first-order valence-corrected chi connectivity index (χ1v) is 11.8. The molecule has 0 N–H and O–H groups in total. The Bertz CT molecular complexity index is 1260. The van der Waals surface area contributed by atoms with Crippen LogP contribution in [0, 0.1) is 0 Å². The molecule has 0 heterocycles. The number of esters is 2. The van der Waals surface area contributed by atoms with Crippen LogP contribution in [0.4, 0.5) is 0 Å². The predicted molar refractivity (Wildman–Crippen MR) is 138 cm³/mol. The van der Waals surface area contributed by atoms with Crippen LogP contribution in [0.1, 0.15) is 26.7 Å². The Kier molecular flexibility index (Phi) is 9.15. The Balaban J connectivity index is 1.87. The van der Waals surface area contributed by atoms with Gasteiger partial charge in [-0.2, -0.15) is 0 Å². The van der Waals surface area contributed by atoms with Crippen molar-refractivity contribution in [3.8, 4) is 11.5 Å². The van der Waals surface area contributed by atoms with E-state index in [-0.39, 0.29) is 26.4 Å². The van der Waals surface area contributed by atoms with Gasteiger partial charge >= 0.3 is 11.9 Å². The van der Waals surface area contributed by atoms with Crippen molar-refractivity contribution in [3.63, 3.8) is 0 Å². The number of benzene rings is 3. The Morgan fingerprint density at radius 3 is 1.66 bits per heavy atom. The molecule has 0 unspecified atom stereocenters. The fourth-order valence-corrected chi connectivity index (χ4v) is 3.60. The molecule has 3 aromatic rings. The maximum atomic E-state index is 11.9. The van der Waals surface area contributed by atoms with E-state index in [1.54, 1.807) is 6.07 Å². The summed E-state index contributed by atoms with van der Waals surface area (Å²) in [5.74, 6) is 0.391. The van der Waals surface area contributed by atoms with Crippen molar-refractivity contribution in [1.29, 1.82) is 0 Å². The highest BCUT2D eigenvalue weighted by Crippen LogP contribution is 2.43. The van der Waals surface area contributed by atoms with Gasteiger partial charge in [0, 0.05) is 37.7 Å². The summed E-state index contributed by atoms with van der Waals surface area (Å²) in [4.78, 5) is 23.7. The molecule has 7 heteroatoms. The van der Waals surface area contributed by atoms with Crippen LogP contribution in [0.25, 0.3) is 21.5 Å². The second-order valence-corrected chi connectivity index (χ2v) is 8.21. The van der Waals surface area contributed by atoms with Crippen molar-refractivity contribution in [2.24, 2.45) is 0 Å². The highest BCUT2D eigenvalue weighted by molar-refractivity contribution is 6.31. The van der Waals surface area contributed by atoms with Gasteiger partial charge in [0.1, 0.15) is 37.9 Å². The summed E-state index contributed by atoms with van der Waals surface area (Å²) >= 11 is 6.31. The molecule has 0 bridgehead atoms. The average molecular weight is 497 g/mol. The summed E-state index contributed by atoms with van der Waals surface area (Å²) in [5, 5.41) is 3.74. The molecule has 0 fully saturated rings. The van der Waals surface area contributed by atoms with Gasteiger partial charge in [0.15, 0.2) is 0 Å². The van der Waals surface area contributed by atoms with E-state index in [0.29, 0.717) is 40.5 Å². The minimum Gasteiger partial charge on any atom is -0.489 e. The summed E-state index contributed by atoms with van der Waals surface area (Å²) in [7, 11) is 0. The van der Waals surface area contributed by atoms with Crippen LogP contribution in [0.2, 0.25) is 5.02 Å². The number of fused-ring (bicyclic) bond motifs is 2. The fraction of sp³-hybridized carbons (Fsp3) is 0.286. The van der Waals surface area contributed by atoms with Crippen LogP contribution in [0.15, 0.2) is 66.8 Å². The Hall–Kier alpha value is -3.51. The molecule has 3 aromatic carbocycles. The van der Waals surface area contributed by atoms with Crippen molar-refractivity contribution < 1.29 is 28.5 Å². The van der Waals surface area contributed by atoms with Gasteiger partial charge in [0.2, 0.25) is 0 Å². The molecule has 184 valence electrons. The summed E-state index contributed by atoms with van der Waals surface area (Å²) in [6.07, 6.45) is 1.06. The zero-order valence-electron chi connectivity index (χ0n) is 20.0. The van der Waals surface area contributed by atoms with E-state index in [2.05, 4.69) is 13.2 Å². The van der Waals surface area contributed by atoms with Gasteiger partial charge in [-0.15, -0.1) is 0 Å². The molecule has 0 aromatic heterocycles. The van der Waals surface area contributed by atoms with Gasteiger partial charge in [-0.3, -0.25) is 0 Å². The summed E-state index contributed by atoms with van der Waals surface area (Å²) in [6, 6.07) is 13.1.